The molecule has 2 atom stereocenters. The highest BCUT2D eigenvalue weighted by Crippen LogP contribution is 2.27. The topological polar surface area (TPSA) is 101 Å². The predicted molar refractivity (Wildman–Crippen MR) is 97.9 cm³/mol. The SMILES string of the molecule is CCC(c1ccc(Nc2nccc3cnccc23)cc1)C(N)C(=O)O. The van der Waals surface area contributed by atoms with Gasteiger partial charge in [-0.2, -0.15) is 0 Å². The normalized spacial score (nSPS) is 13.4. The summed E-state index contributed by atoms with van der Waals surface area (Å²) < 4.78 is 0. The van der Waals surface area contributed by atoms with E-state index in [0.29, 0.717) is 6.42 Å². The van der Waals surface area contributed by atoms with Crippen molar-refractivity contribution in [2.75, 3.05) is 5.32 Å². The molecule has 0 radical (unpaired) electrons. The fourth-order valence-corrected chi connectivity index (χ4v) is 2.94. The summed E-state index contributed by atoms with van der Waals surface area (Å²) >= 11 is 0. The number of carbonyl (C=O) groups is 1. The molecule has 128 valence electrons. The number of benzene rings is 1. The van der Waals surface area contributed by atoms with Crippen molar-refractivity contribution in [3.63, 3.8) is 0 Å². The maximum Gasteiger partial charge on any atom is 0.321 e. The highest BCUT2D eigenvalue weighted by Gasteiger charge is 2.24. The van der Waals surface area contributed by atoms with Crippen LogP contribution >= 0.6 is 0 Å². The number of fused-ring (bicyclic) bond motifs is 1. The lowest BCUT2D eigenvalue weighted by molar-refractivity contribution is -0.139. The fraction of sp³-hybridized carbons (Fsp3) is 0.211. The second kappa shape index (κ2) is 7.27. The Labute approximate surface area is 145 Å². The standard InChI is InChI=1S/C19H20N4O2/c1-2-15(17(20)19(24)25)12-3-5-14(6-4-12)23-18-16-8-9-21-11-13(16)7-10-22-18/h3-11,15,17H,2,20H2,1H3,(H,22,23)(H,24,25). The van der Waals surface area contributed by atoms with Crippen molar-refractivity contribution in [1.29, 1.82) is 0 Å². The van der Waals surface area contributed by atoms with Gasteiger partial charge in [0.15, 0.2) is 0 Å². The molecule has 2 aromatic heterocycles. The maximum absolute atomic E-state index is 11.2. The summed E-state index contributed by atoms with van der Waals surface area (Å²) in [4.78, 5) is 19.7. The average Bonchev–Trinajstić information content (AvgIpc) is 2.64. The lowest BCUT2D eigenvalue weighted by atomic mass is 9.89. The molecule has 0 saturated carbocycles. The Morgan fingerprint density at radius 3 is 2.64 bits per heavy atom. The molecule has 2 heterocycles. The van der Waals surface area contributed by atoms with Gasteiger partial charge in [-0.25, -0.2) is 4.98 Å². The van der Waals surface area contributed by atoms with E-state index in [-0.39, 0.29) is 5.92 Å². The number of aromatic nitrogens is 2. The number of rotatable bonds is 6. The number of carboxylic acids is 1. The van der Waals surface area contributed by atoms with Gasteiger partial charge < -0.3 is 16.2 Å². The minimum atomic E-state index is -0.984. The van der Waals surface area contributed by atoms with Gasteiger partial charge in [-0.1, -0.05) is 19.1 Å². The number of hydrogen-bond acceptors (Lipinski definition) is 5. The monoisotopic (exact) mass is 336 g/mol. The van der Waals surface area contributed by atoms with Crippen LogP contribution in [0, 0.1) is 0 Å². The van der Waals surface area contributed by atoms with Gasteiger partial charge in [-0.05, 0) is 36.2 Å². The summed E-state index contributed by atoms with van der Waals surface area (Å²) in [5.74, 6) is -0.446. The van der Waals surface area contributed by atoms with Gasteiger partial charge in [-0.3, -0.25) is 9.78 Å². The number of aliphatic carboxylic acids is 1. The molecule has 2 unspecified atom stereocenters. The van der Waals surface area contributed by atoms with Crippen LogP contribution < -0.4 is 11.1 Å². The molecule has 25 heavy (non-hydrogen) atoms. The van der Waals surface area contributed by atoms with Crippen LogP contribution in [0.1, 0.15) is 24.8 Å². The molecule has 1 aromatic carbocycles. The molecular weight excluding hydrogens is 316 g/mol. The van der Waals surface area contributed by atoms with Crippen LogP contribution in [0.25, 0.3) is 10.8 Å². The Kier molecular flexibility index (Phi) is 4.90. The first kappa shape index (κ1) is 16.9. The largest absolute Gasteiger partial charge is 0.480 e. The second-order valence-electron chi connectivity index (χ2n) is 5.88. The number of anilines is 2. The number of hydrogen-bond donors (Lipinski definition) is 3. The van der Waals surface area contributed by atoms with Crippen molar-refractivity contribution in [2.45, 2.75) is 25.3 Å². The molecule has 0 spiro atoms. The zero-order valence-electron chi connectivity index (χ0n) is 13.9. The Bertz CT molecular complexity index is 875. The molecule has 0 bridgehead atoms. The Hall–Kier alpha value is -2.99. The van der Waals surface area contributed by atoms with Crippen LogP contribution in [0.3, 0.4) is 0 Å². The molecule has 0 aliphatic rings. The van der Waals surface area contributed by atoms with Gasteiger partial charge in [-0.15, -0.1) is 0 Å². The van der Waals surface area contributed by atoms with Crippen LogP contribution in [0.4, 0.5) is 11.5 Å². The predicted octanol–water partition coefficient (Wildman–Crippen LogP) is 3.28. The van der Waals surface area contributed by atoms with Crippen LogP contribution in [-0.2, 0) is 4.79 Å². The van der Waals surface area contributed by atoms with E-state index in [4.69, 9.17) is 10.8 Å². The molecule has 0 aliphatic heterocycles. The van der Waals surface area contributed by atoms with Crippen molar-refractivity contribution >= 4 is 28.2 Å². The van der Waals surface area contributed by atoms with E-state index in [9.17, 15) is 4.79 Å². The maximum atomic E-state index is 11.2. The van der Waals surface area contributed by atoms with Gasteiger partial charge >= 0.3 is 5.97 Å². The first-order valence-corrected chi connectivity index (χ1v) is 8.14. The van der Waals surface area contributed by atoms with Crippen LogP contribution in [-0.4, -0.2) is 27.1 Å². The zero-order valence-corrected chi connectivity index (χ0v) is 13.9. The average molecular weight is 336 g/mol. The van der Waals surface area contributed by atoms with E-state index in [1.807, 2.05) is 43.3 Å². The smallest absolute Gasteiger partial charge is 0.321 e. The van der Waals surface area contributed by atoms with Crippen molar-refractivity contribution in [2.24, 2.45) is 5.73 Å². The third kappa shape index (κ3) is 3.59. The van der Waals surface area contributed by atoms with Crippen molar-refractivity contribution in [3.8, 4) is 0 Å². The van der Waals surface area contributed by atoms with E-state index in [2.05, 4.69) is 15.3 Å². The van der Waals surface area contributed by atoms with Crippen molar-refractivity contribution in [1.82, 2.24) is 9.97 Å². The van der Waals surface area contributed by atoms with Crippen molar-refractivity contribution in [3.05, 3.63) is 60.6 Å². The number of carboxylic acid groups (broad SMARTS) is 1. The third-order valence-electron chi connectivity index (χ3n) is 4.32. The molecule has 4 N–H and O–H groups in total. The fourth-order valence-electron chi connectivity index (χ4n) is 2.94. The third-order valence-corrected chi connectivity index (χ3v) is 4.32. The summed E-state index contributed by atoms with van der Waals surface area (Å²) in [7, 11) is 0. The Morgan fingerprint density at radius 2 is 1.96 bits per heavy atom. The lowest BCUT2D eigenvalue weighted by Gasteiger charge is -2.20. The van der Waals surface area contributed by atoms with E-state index in [1.165, 1.54) is 0 Å². The lowest BCUT2D eigenvalue weighted by Crippen LogP contribution is -2.36. The van der Waals surface area contributed by atoms with Crippen LogP contribution in [0.2, 0.25) is 0 Å². The molecule has 6 nitrogen and oxygen atoms in total. The quantitative estimate of drug-likeness (QED) is 0.638. The summed E-state index contributed by atoms with van der Waals surface area (Å²) in [5.41, 5.74) is 7.59. The highest BCUT2D eigenvalue weighted by molar-refractivity contribution is 5.92. The van der Waals surface area contributed by atoms with E-state index in [1.54, 1.807) is 18.6 Å². The molecule has 0 amide bonds. The summed E-state index contributed by atoms with van der Waals surface area (Å²) in [6.45, 7) is 1.94. The number of pyridine rings is 2. The first-order valence-electron chi connectivity index (χ1n) is 8.14. The molecule has 0 aliphatic carbocycles. The molecular formula is C19H20N4O2. The number of nitrogens with zero attached hydrogens (tertiary/aromatic N) is 2. The molecule has 3 rings (SSSR count). The molecule has 0 fully saturated rings. The zero-order chi connectivity index (χ0) is 17.8. The van der Waals surface area contributed by atoms with Crippen molar-refractivity contribution < 1.29 is 9.90 Å². The van der Waals surface area contributed by atoms with E-state index in [0.717, 1.165) is 27.8 Å². The molecule has 3 aromatic rings. The highest BCUT2D eigenvalue weighted by atomic mass is 16.4. The summed E-state index contributed by atoms with van der Waals surface area (Å²) in [6.07, 6.45) is 5.93. The van der Waals surface area contributed by atoms with Gasteiger partial charge in [0.05, 0.1) is 0 Å². The summed E-state index contributed by atoms with van der Waals surface area (Å²) in [6, 6.07) is 10.6. The van der Waals surface area contributed by atoms with E-state index >= 15 is 0 Å². The number of nitrogens with two attached hydrogens (primary N) is 1. The minimum absolute atomic E-state index is 0.215. The Balaban J connectivity index is 1.84. The minimum Gasteiger partial charge on any atom is -0.480 e. The Morgan fingerprint density at radius 1 is 1.20 bits per heavy atom. The van der Waals surface area contributed by atoms with Gasteiger partial charge in [0, 0.05) is 41.0 Å². The summed E-state index contributed by atoms with van der Waals surface area (Å²) in [5, 5.41) is 14.4. The van der Waals surface area contributed by atoms with Gasteiger partial charge in [0.25, 0.3) is 0 Å². The molecule has 0 saturated heterocycles. The van der Waals surface area contributed by atoms with Crippen LogP contribution in [0.15, 0.2) is 55.0 Å². The molecule has 6 heteroatoms. The van der Waals surface area contributed by atoms with Crippen LogP contribution in [0.5, 0.6) is 0 Å². The van der Waals surface area contributed by atoms with Gasteiger partial charge in [0.2, 0.25) is 0 Å². The second-order valence-corrected chi connectivity index (χ2v) is 5.88. The number of nitrogens with one attached hydrogen (secondary N) is 1. The van der Waals surface area contributed by atoms with Gasteiger partial charge in [0.1, 0.15) is 11.9 Å². The van der Waals surface area contributed by atoms with E-state index < -0.39 is 12.0 Å². The first-order chi connectivity index (χ1) is 12.1.